The van der Waals surface area contributed by atoms with Crippen molar-refractivity contribution in [1.29, 1.82) is 0 Å². The van der Waals surface area contributed by atoms with E-state index in [4.69, 9.17) is 9.26 Å². The van der Waals surface area contributed by atoms with Gasteiger partial charge in [0.05, 0.1) is 12.2 Å². The molecular formula is C21H25N3O4. The van der Waals surface area contributed by atoms with E-state index in [1.807, 2.05) is 36.9 Å². The summed E-state index contributed by atoms with van der Waals surface area (Å²) in [6.45, 7) is 5.23. The second-order valence-electron chi connectivity index (χ2n) is 7.55. The Hall–Kier alpha value is -2.83. The van der Waals surface area contributed by atoms with Crippen LogP contribution in [0.2, 0.25) is 0 Å². The van der Waals surface area contributed by atoms with Crippen molar-refractivity contribution in [3.63, 3.8) is 0 Å². The van der Waals surface area contributed by atoms with Crippen molar-refractivity contribution in [2.45, 2.75) is 46.1 Å². The zero-order chi connectivity index (χ0) is 19.7. The first-order chi connectivity index (χ1) is 13.5. The van der Waals surface area contributed by atoms with Crippen LogP contribution >= 0.6 is 0 Å². The van der Waals surface area contributed by atoms with Gasteiger partial charge in [-0.25, -0.2) is 0 Å². The average molecular weight is 383 g/mol. The number of anilines is 1. The van der Waals surface area contributed by atoms with E-state index in [1.54, 1.807) is 0 Å². The van der Waals surface area contributed by atoms with Crippen molar-refractivity contribution in [3.8, 4) is 5.75 Å². The fraction of sp³-hybridized carbons (Fsp3) is 0.476. The van der Waals surface area contributed by atoms with Gasteiger partial charge in [-0.1, -0.05) is 5.16 Å². The van der Waals surface area contributed by atoms with Gasteiger partial charge in [-0.05, 0) is 51.3 Å². The van der Waals surface area contributed by atoms with Gasteiger partial charge in [0.1, 0.15) is 18.1 Å². The van der Waals surface area contributed by atoms with Crippen LogP contribution in [0, 0.1) is 19.8 Å². The fourth-order valence-corrected chi connectivity index (χ4v) is 3.52. The smallest absolute Gasteiger partial charge is 0.227 e. The number of aromatic nitrogens is 1. The van der Waals surface area contributed by atoms with Crippen LogP contribution in [-0.4, -0.2) is 35.0 Å². The van der Waals surface area contributed by atoms with Gasteiger partial charge in [0.2, 0.25) is 11.8 Å². The Labute approximate surface area is 164 Å². The predicted octanol–water partition coefficient (Wildman–Crippen LogP) is 2.99. The summed E-state index contributed by atoms with van der Waals surface area (Å²) in [4.78, 5) is 26.6. The quantitative estimate of drug-likeness (QED) is 0.858. The van der Waals surface area contributed by atoms with E-state index in [0.29, 0.717) is 32.5 Å². The Kier molecular flexibility index (Phi) is 5.07. The fourth-order valence-electron chi connectivity index (χ4n) is 3.52. The molecule has 0 radical (unpaired) electrons. The third kappa shape index (κ3) is 4.03. The molecule has 0 bridgehead atoms. The molecule has 148 valence electrons. The van der Waals surface area contributed by atoms with Gasteiger partial charge in [0.25, 0.3) is 0 Å². The van der Waals surface area contributed by atoms with E-state index in [0.717, 1.165) is 46.9 Å². The lowest BCUT2D eigenvalue weighted by atomic mass is 10.1. The van der Waals surface area contributed by atoms with Crippen LogP contribution in [0.5, 0.6) is 5.75 Å². The first kappa shape index (κ1) is 18.5. The van der Waals surface area contributed by atoms with Crippen LogP contribution < -0.4 is 10.1 Å². The second-order valence-corrected chi connectivity index (χ2v) is 7.55. The normalized spacial score (nSPS) is 16.1. The minimum atomic E-state index is 0.0712. The van der Waals surface area contributed by atoms with Crippen LogP contribution in [0.3, 0.4) is 0 Å². The van der Waals surface area contributed by atoms with E-state index in [2.05, 4.69) is 10.5 Å². The molecule has 1 saturated carbocycles. The molecule has 2 heterocycles. The molecule has 0 spiro atoms. The molecule has 0 unspecified atom stereocenters. The summed E-state index contributed by atoms with van der Waals surface area (Å²) in [5.41, 5.74) is 3.51. The maximum absolute atomic E-state index is 12.8. The molecule has 7 nitrogen and oxygen atoms in total. The molecule has 1 aliphatic heterocycles. The number of amides is 2. The molecule has 2 amide bonds. The zero-order valence-corrected chi connectivity index (χ0v) is 16.3. The number of ether oxygens (including phenoxy) is 1. The third-order valence-electron chi connectivity index (χ3n) is 5.38. The van der Waals surface area contributed by atoms with E-state index >= 15 is 0 Å². The summed E-state index contributed by atoms with van der Waals surface area (Å²) in [6, 6.07) is 5.64. The van der Waals surface area contributed by atoms with E-state index < -0.39 is 0 Å². The van der Waals surface area contributed by atoms with Gasteiger partial charge < -0.3 is 19.5 Å². The molecule has 2 aliphatic rings. The topological polar surface area (TPSA) is 84.7 Å². The molecular weight excluding hydrogens is 358 g/mol. The van der Waals surface area contributed by atoms with Crippen LogP contribution in [0.15, 0.2) is 22.7 Å². The standard InChI is InChI=1S/C21H25N3O4/c1-13-18(14(2)28-23-13)6-8-20(25)24-9-10-27-19-7-5-17(11-16(19)12-24)22-21(26)15-3-4-15/h5,7,11,15H,3-4,6,8-10,12H2,1-2H3,(H,22,26). The van der Waals surface area contributed by atoms with Crippen molar-refractivity contribution in [1.82, 2.24) is 10.1 Å². The number of aryl methyl sites for hydroxylation is 2. The Morgan fingerprint density at radius 3 is 2.82 bits per heavy atom. The molecule has 0 saturated heterocycles. The van der Waals surface area contributed by atoms with Crippen molar-refractivity contribution in [3.05, 3.63) is 40.8 Å². The molecule has 1 N–H and O–H groups in total. The second kappa shape index (κ2) is 7.66. The number of nitrogens with zero attached hydrogens (tertiary/aromatic N) is 2. The number of rotatable bonds is 5. The SMILES string of the molecule is Cc1noc(C)c1CCC(=O)N1CCOc2ccc(NC(=O)C3CC3)cc2C1. The molecule has 1 fully saturated rings. The lowest BCUT2D eigenvalue weighted by molar-refractivity contribution is -0.131. The Morgan fingerprint density at radius 1 is 1.29 bits per heavy atom. The largest absolute Gasteiger partial charge is 0.491 e. The zero-order valence-electron chi connectivity index (χ0n) is 16.3. The molecule has 2 aromatic rings. The molecule has 28 heavy (non-hydrogen) atoms. The van der Waals surface area contributed by atoms with Crippen molar-refractivity contribution >= 4 is 17.5 Å². The minimum absolute atomic E-state index is 0.0712. The van der Waals surface area contributed by atoms with Gasteiger partial charge in [0.15, 0.2) is 0 Å². The third-order valence-corrected chi connectivity index (χ3v) is 5.38. The number of nitrogens with one attached hydrogen (secondary N) is 1. The molecule has 1 aromatic carbocycles. The first-order valence-corrected chi connectivity index (χ1v) is 9.77. The number of fused-ring (bicyclic) bond motifs is 1. The van der Waals surface area contributed by atoms with E-state index in [9.17, 15) is 9.59 Å². The van der Waals surface area contributed by atoms with E-state index in [1.165, 1.54) is 0 Å². The molecule has 0 atom stereocenters. The summed E-state index contributed by atoms with van der Waals surface area (Å²) in [7, 11) is 0. The van der Waals surface area contributed by atoms with Crippen molar-refractivity contribution < 1.29 is 18.8 Å². The molecule has 1 aromatic heterocycles. The van der Waals surface area contributed by atoms with Gasteiger partial charge >= 0.3 is 0 Å². The monoisotopic (exact) mass is 383 g/mol. The van der Waals surface area contributed by atoms with Crippen LogP contribution in [0.25, 0.3) is 0 Å². The highest BCUT2D eigenvalue weighted by Crippen LogP contribution is 2.32. The maximum Gasteiger partial charge on any atom is 0.227 e. The minimum Gasteiger partial charge on any atom is -0.491 e. The van der Waals surface area contributed by atoms with Crippen LogP contribution in [-0.2, 0) is 22.6 Å². The number of carbonyl (C=O) groups is 2. The summed E-state index contributed by atoms with van der Waals surface area (Å²) >= 11 is 0. The lowest BCUT2D eigenvalue weighted by Gasteiger charge is -2.20. The summed E-state index contributed by atoms with van der Waals surface area (Å²) in [5.74, 6) is 1.83. The predicted molar refractivity (Wildman–Crippen MR) is 103 cm³/mol. The Balaban J connectivity index is 1.42. The number of benzene rings is 1. The average Bonchev–Trinajstić information content (AvgIpc) is 3.49. The molecule has 7 heteroatoms. The highest BCUT2D eigenvalue weighted by atomic mass is 16.5. The van der Waals surface area contributed by atoms with Crippen molar-refractivity contribution in [2.24, 2.45) is 5.92 Å². The Bertz CT molecular complexity index is 882. The van der Waals surface area contributed by atoms with Gasteiger partial charge in [0, 0.05) is 35.7 Å². The van der Waals surface area contributed by atoms with Gasteiger partial charge in [-0.15, -0.1) is 0 Å². The summed E-state index contributed by atoms with van der Waals surface area (Å²) in [6.07, 6.45) is 2.94. The Morgan fingerprint density at radius 2 is 2.11 bits per heavy atom. The summed E-state index contributed by atoms with van der Waals surface area (Å²) < 4.78 is 11.0. The van der Waals surface area contributed by atoms with Crippen LogP contribution in [0.4, 0.5) is 5.69 Å². The van der Waals surface area contributed by atoms with Gasteiger partial charge in [-0.3, -0.25) is 9.59 Å². The molecule has 1 aliphatic carbocycles. The van der Waals surface area contributed by atoms with Crippen LogP contribution in [0.1, 0.15) is 41.8 Å². The van der Waals surface area contributed by atoms with Crippen molar-refractivity contribution in [2.75, 3.05) is 18.5 Å². The molecule has 4 rings (SSSR count). The number of carbonyl (C=O) groups excluding carboxylic acids is 2. The van der Waals surface area contributed by atoms with Gasteiger partial charge in [-0.2, -0.15) is 0 Å². The first-order valence-electron chi connectivity index (χ1n) is 9.77. The number of hydrogen-bond donors (Lipinski definition) is 1. The highest BCUT2D eigenvalue weighted by molar-refractivity contribution is 5.94. The highest BCUT2D eigenvalue weighted by Gasteiger charge is 2.30. The lowest BCUT2D eigenvalue weighted by Crippen LogP contribution is -2.32. The number of hydrogen-bond acceptors (Lipinski definition) is 5. The van der Waals surface area contributed by atoms with E-state index in [-0.39, 0.29) is 17.7 Å². The summed E-state index contributed by atoms with van der Waals surface area (Å²) in [5, 5.41) is 6.91. The maximum atomic E-state index is 12.8.